The molecule has 0 saturated carbocycles. The number of nitrogens with zero attached hydrogens (tertiary/aromatic N) is 3. The van der Waals surface area contributed by atoms with Gasteiger partial charge in [-0.05, 0) is 73.8 Å². The molecule has 0 unspecified atom stereocenters. The summed E-state index contributed by atoms with van der Waals surface area (Å²) in [5.41, 5.74) is 17.6. The third-order valence-electron chi connectivity index (χ3n) is 10.6. The molecule has 0 amide bonds. The van der Waals surface area contributed by atoms with Gasteiger partial charge in [-0.25, -0.2) is 9.97 Å². The molecule has 0 spiro atoms. The van der Waals surface area contributed by atoms with Crippen LogP contribution in [0.4, 0.5) is 0 Å². The fourth-order valence-corrected chi connectivity index (χ4v) is 7.79. The van der Waals surface area contributed by atoms with Gasteiger partial charge in [0.2, 0.25) is 0 Å². The van der Waals surface area contributed by atoms with E-state index in [1.807, 2.05) is 60.7 Å². The van der Waals surface area contributed by atoms with Crippen LogP contribution in [0.5, 0.6) is 0 Å². The Kier molecular flexibility index (Phi) is 7.87. The molecule has 0 saturated heterocycles. The van der Waals surface area contributed by atoms with Crippen molar-refractivity contribution in [1.29, 1.82) is 5.26 Å². The number of aromatic nitrogens is 2. The Bertz CT molecular complexity index is 2590. The van der Waals surface area contributed by atoms with Crippen molar-refractivity contribution < 1.29 is 0 Å². The molecule has 9 rings (SSSR count). The minimum atomic E-state index is -0.120. The molecule has 3 heteroatoms. The van der Waals surface area contributed by atoms with Gasteiger partial charge in [0.05, 0.1) is 23.0 Å². The summed E-state index contributed by atoms with van der Waals surface area (Å²) < 4.78 is 0. The van der Waals surface area contributed by atoms with Gasteiger partial charge in [-0.15, -0.1) is 0 Å². The quantitative estimate of drug-likeness (QED) is 0.176. The third kappa shape index (κ3) is 5.72. The first-order valence-electron chi connectivity index (χ1n) is 18.0. The predicted molar refractivity (Wildman–Crippen MR) is 217 cm³/mol. The molecule has 0 N–H and O–H groups in total. The number of hydrogen-bond acceptors (Lipinski definition) is 3. The van der Waals surface area contributed by atoms with Gasteiger partial charge in [0.1, 0.15) is 0 Å². The van der Waals surface area contributed by atoms with Crippen LogP contribution in [0.3, 0.4) is 0 Å². The molecule has 0 radical (unpaired) electrons. The highest BCUT2D eigenvalue weighted by molar-refractivity contribution is 6.00. The van der Waals surface area contributed by atoms with Gasteiger partial charge in [-0.3, -0.25) is 0 Å². The van der Waals surface area contributed by atoms with Crippen LogP contribution in [0, 0.1) is 11.3 Å². The van der Waals surface area contributed by atoms with Crippen molar-refractivity contribution in [2.24, 2.45) is 0 Å². The molecule has 0 fully saturated rings. The predicted octanol–water partition coefficient (Wildman–Crippen LogP) is 12.7. The number of rotatable bonds is 6. The van der Waals surface area contributed by atoms with Crippen molar-refractivity contribution in [3.63, 3.8) is 0 Å². The van der Waals surface area contributed by atoms with Gasteiger partial charge in [0, 0.05) is 22.1 Å². The normalized spacial score (nSPS) is 12.5. The van der Waals surface area contributed by atoms with Gasteiger partial charge in [-0.2, -0.15) is 5.26 Å². The molecule has 0 bridgehead atoms. The van der Waals surface area contributed by atoms with E-state index >= 15 is 0 Å². The maximum atomic E-state index is 9.29. The summed E-state index contributed by atoms with van der Waals surface area (Å²) in [6.07, 6.45) is 0. The lowest BCUT2D eigenvalue weighted by molar-refractivity contribution is 0.660. The van der Waals surface area contributed by atoms with Gasteiger partial charge in [0.15, 0.2) is 5.82 Å². The van der Waals surface area contributed by atoms with Crippen molar-refractivity contribution in [2.45, 2.75) is 19.3 Å². The zero-order chi connectivity index (χ0) is 35.9. The summed E-state index contributed by atoms with van der Waals surface area (Å²) in [5.74, 6) is 0.706. The smallest absolute Gasteiger partial charge is 0.160 e. The van der Waals surface area contributed by atoms with Gasteiger partial charge in [-0.1, -0.05) is 172 Å². The molecular formula is C50H35N3. The van der Waals surface area contributed by atoms with Crippen molar-refractivity contribution >= 4 is 0 Å². The highest BCUT2D eigenvalue weighted by Crippen LogP contribution is 2.54. The Morgan fingerprint density at radius 2 is 0.925 bits per heavy atom. The molecule has 250 valence electrons. The first-order chi connectivity index (χ1) is 26.0. The topological polar surface area (TPSA) is 49.6 Å². The summed E-state index contributed by atoms with van der Waals surface area (Å²) in [4.78, 5) is 10.1. The van der Waals surface area contributed by atoms with Crippen LogP contribution in [0.25, 0.3) is 78.4 Å². The van der Waals surface area contributed by atoms with Crippen LogP contribution in [-0.2, 0) is 5.41 Å². The van der Waals surface area contributed by atoms with Gasteiger partial charge in [0.25, 0.3) is 0 Å². The molecular weight excluding hydrogens is 643 g/mol. The second kappa shape index (κ2) is 13.0. The second-order valence-electron chi connectivity index (χ2n) is 14.1. The maximum Gasteiger partial charge on any atom is 0.160 e. The van der Waals surface area contributed by atoms with E-state index in [2.05, 4.69) is 135 Å². The Balaban J connectivity index is 1.17. The fraction of sp³-hybridized carbons (Fsp3) is 0.0600. The number of nitriles is 1. The molecule has 3 nitrogen and oxygen atoms in total. The van der Waals surface area contributed by atoms with Gasteiger partial charge >= 0.3 is 0 Å². The minimum absolute atomic E-state index is 0.120. The van der Waals surface area contributed by atoms with Crippen LogP contribution in [0.15, 0.2) is 176 Å². The molecule has 1 aromatic heterocycles. The monoisotopic (exact) mass is 677 g/mol. The molecule has 1 heterocycles. The van der Waals surface area contributed by atoms with Crippen LogP contribution >= 0.6 is 0 Å². The lowest BCUT2D eigenvalue weighted by Gasteiger charge is -2.23. The summed E-state index contributed by atoms with van der Waals surface area (Å²) in [6, 6.07) is 63.7. The highest BCUT2D eigenvalue weighted by atomic mass is 14.9. The second-order valence-corrected chi connectivity index (χ2v) is 14.1. The van der Waals surface area contributed by atoms with E-state index in [0.717, 1.165) is 44.8 Å². The average Bonchev–Trinajstić information content (AvgIpc) is 3.47. The summed E-state index contributed by atoms with van der Waals surface area (Å²) in [7, 11) is 0. The maximum absolute atomic E-state index is 9.29. The number of fused-ring (bicyclic) bond motifs is 3. The Morgan fingerprint density at radius 1 is 0.415 bits per heavy atom. The van der Waals surface area contributed by atoms with Crippen LogP contribution in [0.1, 0.15) is 30.5 Å². The Labute approximate surface area is 310 Å². The van der Waals surface area contributed by atoms with E-state index in [1.165, 1.54) is 38.9 Å². The Morgan fingerprint density at radius 3 is 1.57 bits per heavy atom. The fourth-order valence-electron chi connectivity index (χ4n) is 7.79. The third-order valence-corrected chi connectivity index (χ3v) is 10.6. The Hall–Kier alpha value is -6.89. The van der Waals surface area contributed by atoms with Crippen molar-refractivity contribution in [3.05, 3.63) is 193 Å². The van der Waals surface area contributed by atoms with Crippen molar-refractivity contribution in [3.8, 4) is 84.5 Å². The summed E-state index contributed by atoms with van der Waals surface area (Å²) in [5, 5.41) is 9.29. The molecule has 1 aliphatic rings. The van der Waals surface area contributed by atoms with Gasteiger partial charge < -0.3 is 0 Å². The summed E-state index contributed by atoms with van der Waals surface area (Å²) >= 11 is 0. The van der Waals surface area contributed by atoms with E-state index in [0.29, 0.717) is 11.4 Å². The first kappa shape index (κ1) is 32.0. The number of benzene rings is 7. The van der Waals surface area contributed by atoms with Crippen LogP contribution in [-0.4, -0.2) is 9.97 Å². The highest BCUT2D eigenvalue weighted by Gasteiger charge is 2.37. The molecule has 1 aliphatic carbocycles. The average molecular weight is 678 g/mol. The largest absolute Gasteiger partial charge is 0.228 e. The molecule has 8 aromatic rings. The zero-order valence-corrected chi connectivity index (χ0v) is 29.6. The standard InChI is InChI=1S/C50H35N3/c1-50(2)43-16-10-9-15-42(43)48-44(50)30-29-41(47(48)39-27-21-35(22-28-39)34-19-17-33(32-51)18-20-34)36-23-25-38(26-24-36)46-31-45(37-11-5-3-6-12-37)52-49(53-46)40-13-7-4-8-14-40/h3-31H,1-2H3. The SMILES string of the molecule is CC1(C)c2ccccc2-c2c1ccc(-c1ccc(-c3cc(-c4ccccc4)nc(-c4ccccc4)n3)cc1)c2-c1ccc(-c2ccc(C#N)cc2)cc1. The molecule has 53 heavy (non-hydrogen) atoms. The van der Waals surface area contributed by atoms with E-state index in [9.17, 15) is 5.26 Å². The first-order valence-corrected chi connectivity index (χ1v) is 18.0. The van der Waals surface area contributed by atoms with Crippen LogP contribution < -0.4 is 0 Å². The number of hydrogen-bond donors (Lipinski definition) is 0. The minimum Gasteiger partial charge on any atom is -0.228 e. The lowest BCUT2D eigenvalue weighted by Crippen LogP contribution is -2.14. The summed E-state index contributed by atoms with van der Waals surface area (Å²) in [6.45, 7) is 4.66. The van der Waals surface area contributed by atoms with E-state index in [-0.39, 0.29) is 5.41 Å². The van der Waals surface area contributed by atoms with E-state index < -0.39 is 0 Å². The van der Waals surface area contributed by atoms with E-state index in [1.54, 1.807) is 0 Å². The van der Waals surface area contributed by atoms with Crippen molar-refractivity contribution in [1.82, 2.24) is 9.97 Å². The lowest BCUT2D eigenvalue weighted by atomic mass is 9.80. The molecule has 0 aliphatic heterocycles. The molecule has 7 aromatic carbocycles. The van der Waals surface area contributed by atoms with E-state index in [4.69, 9.17) is 9.97 Å². The van der Waals surface area contributed by atoms with Crippen molar-refractivity contribution in [2.75, 3.05) is 0 Å². The van der Waals surface area contributed by atoms with Crippen LogP contribution in [0.2, 0.25) is 0 Å². The molecule has 0 atom stereocenters. The zero-order valence-electron chi connectivity index (χ0n) is 29.6.